The molecule has 4 saturated heterocycles. The van der Waals surface area contributed by atoms with Crippen LogP contribution in [0.3, 0.4) is 0 Å². The number of nitrogens with one attached hydrogen (secondary N) is 4. The maximum atomic E-state index is 16.0. The van der Waals surface area contributed by atoms with Crippen LogP contribution in [0.25, 0.3) is 32.7 Å². The molecule has 4 atom stereocenters. The summed E-state index contributed by atoms with van der Waals surface area (Å²) in [4.78, 5) is 113. The Hall–Kier alpha value is -7.70. The number of aliphatic hydroxyl groups excluding tert-OH is 1. The third-order valence-electron chi connectivity index (χ3n) is 20.6. The highest BCUT2D eigenvalue weighted by Crippen LogP contribution is 2.52. The summed E-state index contributed by atoms with van der Waals surface area (Å²) in [6.07, 6.45) is 7.27. The van der Waals surface area contributed by atoms with Gasteiger partial charge in [-0.1, -0.05) is 63.6 Å². The number of carbonyl (C=O) groups is 6. The zero-order valence-electron chi connectivity index (χ0n) is 56.6. The van der Waals surface area contributed by atoms with Crippen molar-refractivity contribution in [2.75, 3.05) is 82.2 Å². The predicted molar refractivity (Wildman–Crippen MR) is 367 cm³/mol. The van der Waals surface area contributed by atoms with Gasteiger partial charge in [0.05, 0.1) is 70.0 Å². The topological polar surface area (TPSA) is 234 Å². The smallest absolute Gasteiger partial charge is 0.251 e. The number of rotatable bonds is 18. The van der Waals surface area contributed by atoms with Gasteiger partial charge in [-0.2, -0.15) is 0 Å². The predicted octanol–water partition coefficient (Wildman–Crippen LogP) is 8.65. The lowest BCUT2D eigenvalue weighted by Gasteiger charge is -2.48. The Labute approximate surface area is 560 Å². The minimum atomic E-state index is -0.972. The lowest BCUT2D eigenvalue weighted by Crippen LogP contribution is -2.59. The summed E-state index contributed by atoms with van der Waals surface area (Å²) in [5.41, 5.74) is 8.65. The average molecular weight is 1320 g/mol. The maximum Gasteiger partial charge on any atom is 0.251 e. The Balaban J connectivity index is 0.689. The van der Waals surface area contributed by atoms with Crippen molar-refractivity contribution in [3.63, 3.8) is 0 Å². The zero-order chi connectivity index (χ0) is 67.4. The summed E-state index contributed by atoms with van der Waals surface area (Å²) in [7, 11) is 0. The van der Waals surface area contributed by atoms with E-state index in [0.29, 0.717) is 91.8 Å². The van der Waals surface area contributed by atoms with Crippen LogP contribution in [0.15, 0.2) is 72.5 Å². The van der Waals surface area contributed by atoms with Crippen LogP contribution in [-0.4, -0.2) is 193 Å². The first kappa shape index (κ1) is 67.3. The Kier molecular flexibility index (Phi) is 19.4. The Morgan fingerprint density at radius 1 is 0.779 bits per heavy atom. The van der Waals surface area contributed by atoms with Crippen LogP contribution in [0.4, 0.5) is 21.6 Å². The van der Waals surface area contributed by atoms with Gasteiger partial charge in [0.2, 0.25) is 29.5 Å². The Morgan fingerprint density at radius 3 is 2.12 bits per heavy atom. The molecule has 23 heteroatoms. The molecule has 0 unspecified atom stereocenters. The number of β-amino-alcohol motifs (C(OH)–C–C–N with tert-alkyl or cyclic N) is 1. The molecular formula is C72H93FN14O7S. The van der Waals surface area contributed by atoms with Gasteiger partial charge in [0, 0.05) is 93.2 Å². The Morgan fingerprint density at radius 2 is 1.46 bits per heavy atom. The molecule has 12 rings (SSSR count). The van der Waals surface area contributed by atoms with Gasteiger partial charge in [0.25, 0.3) is 5.91 Å². The van der Waals surface area contributed by atoms with Crippen molar-refractivity contribution in [3.05, 3.63) is 106 Å². The van der Waals surface area contributed by atoms with Crippen molar-refractivity contribution in [2.45, 2.75) is 174 Å². The van der Waals surface area contributed by atoms with Gasteiger partial charge < -0.3 is 50.5 Å². The molecule has 6 aliphatic rings. The van der Waals surface area contributed by atoms with Gasteiger partial charge in [-0.05, 0) is 152 Å². The van der Waals surface area contributed by atoms with Gasteiger partial charge in [-0.25, -0.2) is 19.3 Å². The van der Waals surface area contributed by atoms with Gasteiger partial charge in [-0.15, -0.1) is 11.3 Å². The van der Waals surface area contributed by atoms with Crippen molar-refractivity contribution in [2.24, 2.45) is 5.41 Å². The zero-order valence-corrected chi connectivity index (χ0v) is 57.5. The first-order valence-electron chi connectivity index (χ1n) is 34.1. The van der Waals surface area contributed by atoms with Crippen LogP contribution in [0.2, 0.25) is 0 Å². The number of piperidine rings is 2. The summed E-state index contributed by atoms with van der Waals surface area (Å²) in [5, 5.41) is 23.1. The second kappa shape index (κ2) is 27.4. The molecular weight excluding hydrogens is 1220 g/mol. The highest BCUT2D eigenvalue weighted by molar-refractivity contribution is 7.13. The number of nitrogens with zero attached hydrogens (tertiary/aromatic N) is 10. The Bertz CT molecular complexity index is 3870. The molecule has 506 valence electrons. The molecule has 0 radical (unpaired) electrons. The summed E-state index contributed by atoms with van der Waals surface area (Å²) in [6, 6.07) is 17.0. The van der Waals surface area contributed by atoms with E-state index in [1.54, 1.807) is 24.6 Å². The fraction of sp³-hybridized carbons (Fsp3) is 0.542. The fourth-order valence-electron chi connectivity index (χ4n) is 15.1. The van der Waals surface area contributed by atoms with Crippen molar-refractivity contribution in [3.8, 4) is 21.7 Å². The number of hydrogen-bond acceptors (Lipinski definition) is 15. The van der Waals surface area contributed by atoms with Gasteiger partial charge >= 0.3 is 0 Å². The molecule has 1 aliphatic carbocycles. The fourth-order valence-corrected chi connectivity index (χ4v) is 15.9. The van der Waals surface area contributed by atoms with Gasteiger partial charge in [0.15, 0.2) is 5.82 Å². The number of aryl methyl sites for hydroxylation is 2. The standard InChI is InChI=1S/C72H93FN14O7S/c1-42(2)76-67(91)53-35-57(55(73)30-44(53)5)79-66-63-58(74-40-86(63)43(3)4)36-56(78-66)49-18-19-54-59(31-49)87(51-32-50(33-51)83-22-12-11-13-23-83)70(94)72(54)20-24-84(25-21-72)62(90)39-82-28-26-81(27-29-82)38-61(89)80-65(71(8,9)10)69(93)85-37-52(88)34-60(85)68(92)77-45(6)47-14-16-48(17-15-47)64-46(7)75-41-95-64/h14-19,30-31,35-36,40-43,45,50-52,60,65,88H,11-13,20-29,32-34,37-39H2,1-10H3,(H,76,91)(H,77,92)(H,78,79)(H,80,89)/t45-,50-,51+,52+,60-,65+/m0/s1. The first-order valence-corrected chi connectivity index (χ1v) is 35.0. The number of pyridine rings is 1. The summed E-state index contributed by atoms with van der Waals surface area (Å²) < 4.78 is 18.0. The molecule has 1 spiro atoms. The number of hydrogen-bond donors (Lipinski definition) is 5. The molecule has 5 N–H and O–H groups in total. The lowest BCUT2D eigenvalue weighted by atomic mass is 9.73. The van der Waals surface area contributed by atoms with E-state index in [9.17, 15) is 29.1 Å². The molecule has 21 nitrogen and oxygen atoms in total. The third-order valence-corrected chi connectivity index (χ3v) is 21.6. The highest BCUT2D eigenvalue weighted by Gasteiger charge is 2.56. The molecule has 3 aromatic heterocycles. The second-order valence-electron chi connectivity index (χ2n) is 29.0. The lowest BCUT2D eigenvalue weighted by molar-refractivity contribution is -0.144. The van der Waals surface area contributed by atoms with E-state index in [4.69, 9.17) is 9.97 Å². The molecule has 5 aliphatic heterocycles. The number of piperazine rings is 1. The average Bonchev–Trinajstić information content (AvgIpc) is 1.56. The molecule has 0 bridgehead atoms. The SMILES string of the molecule is Cc1cc(F)c(Nc2nc(-c3ccc4c(c3)N([C@H]3C[C@@H](N5CCCCC5)C3)C(=O)C43CCN(C(=O)CN4CCN(CC(=O)N[C@H](C(=O)N5C[C@H](O)C[C@H]5C(=O)N[C@@H](C)c5ccc(-c6scnc6C)cc5)C(C)(C)C)CC4)CC3)cc3ncn(C(C)C)c23)cc1C(=O)NC(C)C. The van der Waals surface area contributed by atoms with Crippen LogP contribution in [0, 0.1) is 25.1 Å². The summed E-state index contributed by atoms with van der Waals surface area (Å²) >= 11 is 1.57. The van der Waals surface area contributed by atoms with Crippen LogP contribution < -0.4 is 26.2 Å². The van der Waals surface area contributed by atoms with Gasteiger partial charge in [-0.3, -0.25) is 38.6 Å². The summed E-state index contributed by atoms with van der Waals surface area (Å²) in [6.45, 7) is 24.4. The number of fused-ring (bicyclic) bond motifs is 3. The number of halogens is 1. The van der Waals surface area contributed by atoms with E-state index >= 15 is 9.18 Å². The van der Waals surface area contributed by atoms with Crippen LogP contribution in [0.1, 0.15) is 152 Å². The van der Waals surface area contributed by atoms with Crippen molar-refractivity contribution >= 4 is 75.0 Å². The van der Waals surface area contributed by atoms with E-state index in [0.717, 1.165) is 64.4 Å². The summed E-state index contributed by atoms with van der Waals surface area (Å²) in [5.74, 6) is -1.50. The maximum absolute atomic E-state index is 16.0. The molecule has 1 saturated carbocycles. The van der Waals surface area contributed by atoms with Crippen LogP contribution in [0.5, 0.6) is 0 Å². The number of thiazole rings is 1. The number of aromatic nitrogens is 4. The van der Waals surface area contributed by atoms with E-state index in [2.05, 4.69) is 53.1 Å². The molecule has 95 heavy (non-hydrogen) atoms. The number of amides is 6. The van der Waals surface area contributed by atoms with E-state index in [1.807, 2.05) is 119 Å². The minimum Gasteiger partial charge on any atom is -0.391 e. The van der Waals surface area contributed by atoms with E-state index in [-0.39, 0.29) is 85.4 Å². The highest BCUT2D eigenvalue weighted by atomic mass is 32.1. The molecule has 6 aromatic rings. The number of aliphatic hydroxyl groups is 1. The van der Waals surface area contributed by atoms with Gasteiger partial charge in [0.1, 0.15) is 23.4 Å². The number of anilines is 3. The number of likely N-dealkylation sites (tertiary alicyclic amines) is 3. The number of imidazole rings is 1. The molecule has 5 fully saturated rings. The van der Waals surface area contributed by atoms with E-state index < -0.39 is 40.7 Å². The normalized spacial score (nSPS) is 21.7. The minimum absolute atomic E-state index is 0.00139. The van der Waals surface area contributed by atoms with Crippen molar-refractivity contribution < 1.29 is 38.3 Å². The van der Waals surface area contributed by atoms with Crippen LogP contribution in [-0.2, 0) is 29.4 Å². The monoisotopic (exact) mass is 1320 g/mol. The van der Waals surface area contributed by atoms with Crippen LogP contribution >= 0.6 is 11.3 Å². The largest absolute Gasteiger partial charge is 0.391 e. The second-order valence-corrected chi connectivity index (χ2v) is 29.9. The molecule has 8 heterocycles. The number of benzene rings is 3. The molecule has 6 amide bonds. The number of carbonyl (C=O) groups excluding carboxylic acids is 6. The quantitative estimate of drug-likeness (QED) is 0.0542. The third kappa shape index (κ3) is 13.9. The molecule has 3 aromatic carbocycles. The van der Waals surface area contributed by atoms with Crippen molar-refractivity contribution in [1.29, 1.82) is 0 Å². The van der Waals surface area contributed by atoms with Crippen molar-refractivity contribution in [1.82, 2.24) is 60.0 Å². The van der Waals surface area contributed by atoms with E-state index in [1.165, 1.54) is 36.3 Å². The first-order chi connectivity index (χ1) is 45.3.